The summed E-state index contributed by atoms with van der Waals surface area (Å²) in [5.74, 6) is 0.994. The Morgan fingerprint density at radius 3 is 2.28 bits per heavy atom. The van der Waals surface area contributed by atoms with Crippen molar-refractivity contribution < 1.29 is 4.74 Å². The maximum atomic E-state index is 5.93. The van der Waals surface area contributed by atoms with Crippen LogP contribution >= 0.6 is 0 Å². The SMILES string of the molecule is CCNC(c1ccccc1OC(C)C)C(C)(C)C. The van der Waals surface area contributed by atoms with Gasteiger partial charge >= 0.3 is 0 Å². The highest BCUT2D eigenvalue weighted by atomic mass is 16.5. The number of nitrogens with one attached hydrogen (secondary N) is 1. The van der Waals surface area contributed by atoms with Crippen molar-refractivity contribution in [3.05, 3.63) is 29.8 Å². The maximum absolute atomic E-state index is 5.93. The molecule has 2 nitrogen and oxygen atoms in total. The molecule has 1 atom stereocenters. The average molecular weight is 249 g/mol. The Hall–Kier alpha value is -1.02. The van der Waals surface area contributed by atoms with Gasteiger partial charge in [0.05, 0.1) is 6.10 Å². The van der Waals surface area contributed by atoms with Gasteiger partial charge in [0.25, 0.3) is 0 Å². The van der Waals surface area contributed by atoms with Gasteiger partial charge in [0.15, 0.2) is 0 Å². The van der Waals surface area contributed by atoms with Gasteiger partial charge in [-0.25, -0.2) is 0 Å². The van der Waals surface area contributed by atoms with E-state index in [4.69, 9.17) is 4.74 Å². The van der Waals surface area contributed by atoms with E-state index in [0.717, 1.165) is 12.3 Å². The predicted molar refractivity (Wildman–Crippen MR) is 78.1 cm³/mol. The van der Waals surface area contributed by atoms with Crippen molar-refractivity contribution in [3.63, 3.8) is 0 Å². The van der Waals surface area contributed by atoms with Crippen molar-refractivity contribution in [1.29, 1.82) is 0 Å². The first-order valence-electron chi connectivity index (χ1n) is 6.85. The summed E-state index contributed by atoms with van der Waals surface area (Å²) in [5, 5.41) is 3.57. The molecule has 0 aromatic heterocycles. The van der Waals surface area contributed by atoms with E-state index in [1.807, 2.05) is 6.07 Å². The minimum atomic E-state index is 0.159. The molecule has 0 aliphatic heterocycles. The minimum Gasteiger partial charge on any atom is -0.491 e. The zero-order valence-electron chi connectivity index (χ0n) is 12.6. The number of para-hydroxylation sites is 1. The van der Waals surface area contributed by atoms with Crippen molar-refractivity contribution in [1.82, 2.24) is 5.32 Å². The molecular formula is C16H27NO. The Bertz CT molecular complexity index is 366. The van der Waals surface area contributed by atoms with Crippen molar-refractivity contribution in [2.75, 3.05) is 6.54 Å². The van der Waals surface area contributed by atoms with Crippen LogP contribution in [0.25, 0.3) is 0 Å². The summed E-state index contributed by atoms with van der Waals surface area (Å²) < 4.78 is 5.93. The van der Waals surface area contributed by atoms with Gasteiger partial charge in [0.2, 0.25) is 0 Å². The molecule has 0 radical (unpaired) electrons. The Morgan fingerprint density at radius 2 is 1.78 bits per heavy atom. The second kappa shape index (κ2) is 6.24. The van der Waals surface area contributed by atoms with Crippen LogP contribution in [0.3, 0.4) is 0 Å². The fraction of sp³-hybridized carbons (Fsp3) is 0.625. The summed E-state index contributed by atoms with van der Waals surface area (Å²) >= 11 is 0. The number of rotatable bonds is 5. The first kappa shape index (κ1) is 15.0. The van der Waals surface area contributed by atoms with E-state index in [2.05, 4.69) is 65.1 Å². The molecule has 1 rings (SSSR count). The first-order valence-corrected chi connectivity index (χ1v) is 6.85. The molecule has 0 aliphatic carbocycles. The lowest BCUT2D eigenvalue weighted by Crippen LogP contribution is -2.32. The molecule has 1 N–H and O–H groups in total. The summed E-state index contributed by atoms with van der Waals surface area (Å²) in [6, 6.07) is 8.64. The van der Waals surface area contributed by atoms with Crippen molar-refractivity contribution in [2.45, 2.75) is 53.7 Å². The van der Waals surface area contributed by atoms with Crippen LogP contribution in [0.2, 0.25) is 0 Å². The zero-order valence-corrected chi connectivity index (χ0v) is 12.6. The molecule has 0 amide bonds. The molecule has 0 aliphatic rings. The minimum absolute atomic E-state index is 0.159. The fourth-order valence-electron chi connectivity index (χ4n) is 2.17. The normalized spacial score (nSPS) is 13.7. The van der Waals surface area contributed by atoms with E-state index in [9.17, 15) is 0 Å². The van der Waals surface area contributed by atoms with Crippen molar-refractivity contribution in [3.8, 4) is 5.75 Å². The van der Waals surface area contributed by atoms with E-state index in [-0.39, 0.29) is 11.5 Å². The Morgan fingerprint density at radius 1 is 1.17 bits per heavy atom. The Balaban J connectivity index is 3.11. The van der Waals surface area contributed by atoms with Gasteiger partial charge in [-0.15, -0.1) is 0 Å². The van der Waals surface area contributed by atoms with Gasteiger partial charge in [-0.2, -0.15) is 0 Å². The van der Waals surface area contributed by atoms with Gasteiger partial charge in [-0.3, -0.25) is 0 Å². The topological polar surface area (TPSA) is 21.3 Å². The number of hydrogen-bond acceptors (Lipinski definition) is 2. The maximum Gasteiger partial charge on any atom is 0.124 e. The molecule has 1 aromatic rings. The van der Waals surface area contributed by atoms with Crippen LogP contribution in [-0.2, 0) is 0 Å². The molecule has 2 heteroatoms. The lowest BCUT2D eigenvalue weighted by atomic mass is 9.82. The predicted octanol–water partition coefficient (Wildman–Crippen LogP) is 4.17. The summed E-state index contributed by atoms with van der Waals surface area (Å²) in [6.07, 6.45) is 0.202. The molecule has 102 valence electrons. The summed E-state index contributed by atoms with van der Waals surface area (Å²) in [4.78, 5) is 0. The molecule has 1 unspecified atom stereocenters. The van der Waals surface area contributed by atoms with E-state index < -0.39 is 0 Å². The number of benzene rings is 1. The molecule has 0 heterocycles. The fourth-order valence-corrected chi connectivity index (χ4v) is 2.17. The molecule has 0 saturated heterocycles. The van der Waals surface area contributed by atoms with Crippen LogP contribution in [0, 0.1) is 5.41 Å². The second-order valence-corrected chi connectivity index (χ2v) is 6.06. The summed E-state index contributed by atoms with van der Waals surface area (Å²) in [7, 11) is 0. The first-order chi connectivity index (χ1) is 8.36. The lowest BCUT2D eigenvalue weighted by Gasteiger charge is -2.33. The second-order valence-electron chi connectivity index (χ2n) is 6.06. The molecular weight excluding hydrogens is 222 g/mol. The molecule has 0 bridgehead atoms. The molecule has 1 aromatic carbocycles. The highest BCUT2D eigenvalue weighted by Gasteiger charge is 2.27. The molecule has 18 heavy (non-hydrogen) atoms. The molecule has 0 fully saturated rings. The molecule has 0 saturated carbocycles. The van der Waals surface area contributed by atoms with Crippen LogP contribution < -0.4 is 10.1 Å². The number of hydrogen-bond donors (Lipinski definition) is 1. The summed E-state index contributed by atoms with van der Waals surface area (Å²) in [5.41, 5.74) is 1.41. The third-order valence-corrected chi connectivity index (χ3v) is 2.87. The largest absolute Gasteiger partial charge is 0.491 e. The van der Waals surface area contributed by atoms with Gasteiger partial charge in [-0.1, -0.05) is 45.9 Å². The van der Waals surface area contributed by atoms with Crippen LogP contribution in [0.15, 0.2) is 24.3 Å². The quantitative estimate of drug-likeness (QED) is 0.845. The van der Waals surface area contributed by atoms with E-state index in [0.29, 0.717) is 6.04 Å². The summed E-state index contributed by atoms with van der Waals surface area (Å²) in [6.45, 7) is 14.0. The van der Waals surface area contributed by atoms with Crippen LogP contribution in [0.5, 0.6) is 5.75 Å². The highest BCUT2D eigenvalue weighted by molar-refractivity contribution is 5.37. The highest BCUT2D eigenvalue weighted by Crippen LogP contribution is 2.37. The third kappa shape index (κ3) is 4.02. The Labute approximate surface area is 112 Å². The average Bonchev–Trinajstić information content (AvgIpc) is 2.25. The lowest BCUT2D eigenvalue weighted by molar-refractivity contribution is 0.223. The van der Waals surface area contributed by atoms with E-state index >= 15 is 0 Å². The Kier molecular flexibility index (Phi) is 5.21. The van der Waals surface area contributed by atoms with Gasteiger partial charge < -0.3 is 10.1 Å². The zero-order chi connectivity index (χ0) is 13.8. The van der Waals surface area contributed by atoms with E-state index in [1.165, 1.54) is 5.56 Å². The smallest absolute Gasteiger partial charge is 0.124 e. The van der Waals surface area contributed by atoms with Crippen LogP contribution in [0.4, 0.5) is 0 Å². The third-order valence-electron chi connectivity index (χ3n) is 2.87. The van der Waals surface area contributed by atoms with Gasteiger partial charge in [-0.05, 0) is 31.9 Å². The van der Waals surface area contributed by atoms with Gasteiger partial charge in [0.1, 0.15) is 5.75 Å². The monoisotopic (exact) mass is 249 g/mol. The number of ether oxygens (including phenoxy) is 1. The van der Waals surface area contributed by atoms with Crippen LogP contribution in [-0.4, -0.2) is 12.6 Å². The van der Waals surface area contributed by atoms with E-state index in [1.54, 1.807) is 0 Å². The van der Waals surface area contributed by atoms with Gasteiger partial charge in [0, 0.05) is 11.6 Å². The standard InChI is InChI=1S/C16H27NO/c1-7-17-15(16(4,5)6)13-10-8-9-11-14(13)18-12(2)3/h8-12,15,17H,7H2,1-6H3. The van der Waals surface area contributed by atoms with Crippen molar-refractivity contribution >= 4 is 0 Å². The molecule has 0 spiro atoms. The van der Waals surface area contributed by atoms with Crippen LogP contribution in [0.1, 0.15) is 53.1 Å². The van der Waals surface area contributed by atoms with Crippen molar-refractivity contribution in [2.24, 2.45) is 5.41 Å².